The fourth-order valence-electron chi connectivity index (χ4n) is 3.00. The standard InChI is InChI=1S/C20H25N3OS.2ClH/c21-19-7-2-1-5-17(19)8-9-20(24)22-18-6-3-4-16(14-18)15-23-10-12-25-13-11-23;;/h1-7,14H,8-13,15,21H2,(H,22,24);2*1H. The number of benzene rings is 2. The van der Waals surface area contributed by atoms with Gasteiger partial charge in [0.05, 0.1) is 0 Å². The highest BCUT2D eigenvalue weighted by Crippen LogP contribution is 2.17. The third kappa shape index (κ3) is 7.62. The SMILES string of the molecule is Cl.Cl.Nc1ccccc1CCC(=O)Nc1cccc(CN2CCSCC2)c1. The van der Waals surface area contributed by atoms with Crippen molar-refractivity contribution in [1.82, 2.24) is 4.90 Å². The molecule has 0 unspecified atom stereocenters. The van der Waals surface area contributed by atoms with Gasteiger partial charge in [-0.2, -0.15) is 11.8 Å². The summed E-state index contributed by atoms with van der Waals surface area (Å²) in [5.74, 6) is 2.44. The Morgan fingerprint density at radius 2 is 1.81 bits per heavy atom. The van der Waals surface area contributed by atoms with Gasteiger partial charge < -0.3 is 11.1 Å². The maximum absolute atomic E-state index is 12.2. The Bertz CT molecular complexity index is 724. The molecule has 0 saturated carbocycles. The van der Waals surface area contributed by atoms with Crippen LogP contribution in [0.4, 0.5) is 11.4 Å². The molecule has 1 saturated heterocycles. The van der Waals surface area contributed by atoms with E-state index in [1.165, 1.54) is 17.1 Å². The van der Waals surface area contributed by atoms with E-state index in [0.29, 0.717) is 12.8 Å². The molecular formula is C20H27Cl2N3OS. The highest BCUT2D eigenvalue weighted by atomic mass is 35.5. The van der Waals surface area contributed by atoms with Gasteiger partial charge in [0, 0.05) is 48.9 Å². The summed E-state index contributed by atoms with van der Waals surface area (Å²) >= 11 is 2.02. The number of thioether (sulfide) groups is 1. The Morgan fingerprint density at radius 3 is 2.56 bits per heavy atom. The molecule has 1 heterocycles. The lowest BCUT2D eigenvalue weighted by Crippen LogP contribution is -2.31. The van der Waals surface area contributed by atoms with E-state index in [1.807, 2.05) is 48.2 Å². The van der Waals surface area contributed by atoms with E-state index in [1.54, 1.807) is 0 Å². The number of nitrogen functional groups attached to an aromatic ring is 1. The van der Waals surface area contributed by atoms with E-state index < -0.39 is 0 Å². The Hall–Kier alpha value is -1.40. The number of nitrogens with one attached hydrogen (secondary N) is 1. The van der Waals surface area contributed by atoms with Crippen LogP contribution in [0, 0.1) is 0 Å². The fourth-order valence-corrected chi connectivity index (χ4v) is 3.98. The fraction of sp³-hybridized carbons (Fsp3) is 0.350. The van der Waals surface area contributed by atoms with Crippen LogP contribution in [0.5, 0.6) is 0 Å². The number of para-hydroxylation sites is 1. The topological polar surface area (TPSA) is 58.4 Å². The molecule has 1 aliphatic heterocycles. The molecular weight excluding hydrogens is 401 g/mol. The van der Waals surface area contributed by atoms with Crippen molar-refractivity contribution in [3.8, 4) is 0 Å². The van der Waals surface area contributed by atoms with E-state index in [0.717, 1.165) is 36.6 Å². The molecule has 0 aromatic heterocycles. The normalized spacial score (nSPS) is 13.9. The van der Waals surface area contributed by atoms with Crippen LogP contribution in [0.3, 0.4) is 0 Å². The molecule has 1 aliphatic rings. The zero-order chi connectivity index (χ0) is 17.5. The number of amides is 1. The Kier molecular flexibility index (Phi) is 10.6. The molecule has 2 aromatic carbocycles. The van der Waals surface area contributed by atoms with Crippen LogP contribution < -0.4 is 11.1 Å². The lowest BCUT2D eigenvalue weighted by Gasteiger charge is -2.26. The van der Waals surface area contributed by atoms with Gasteiger partial charge in [0.25, 0.3) is 0 Å². The van der Waals surface area contributed by atoms with Gasteiger partial charge >= 0.3 is 0 Å². The van der Waals surface area contributed by atoms with Crippen LogP contribution in [0.25, 0.3) is 0 Å². The van der Waals surface area contributed by atoms with Gasteiger partial charge in [-0.25, -0.2) is 0 Å². The van der Waals surface area contributed by atoms with Gasteiger partial charge in [-0.05, 0) is 35.7 Å². The minimum absolute atomic E-state index is 0. The number of anilines is 2. The smallest absolute Gasteiger partial charge is 0.224 e. The second-order valence-electron chi connectivity index (χ2n) is 6.34. The Balaban J connectivity index is 0.00000182. The number of nitrogens with zero attached hydrogens (tertiary/aromatic N) is 1. The zero-order valence-corrected chi connectivity index (χ0v) is 17.7. The summed E-state index contributed by atoms with van der Waals surface area (Å²) in [4.78, 5) is 14.7. The number of nitrogens with two attached hydrogens (primary N) is 1. The number of carbonyl (C=O) groups excluding carboxylic acids is 1. The van der Waals surface area contributed by atoms with E-state index in [2.05, 4.69) is 22.3 Å². The number of halogens is 2. The van der Waals surface area contributed by atoms with Crippen molar-refractivity contribution in [3.05, 3.63) is 59.7 Å². The lowest BCUT2D eigenvalue weighted by molar-refractivity contribution is -0.116. The quantitative estimate of drug-likeness (QED) is 0.676. The highest BCUT2D eigenvalue weighted by Gasteiger charge is 2.11. The van der Waals surface area contributed by atoms with Crippen molar-refractivity contribution in [2.45, 2.75) is 19.4 Å². The lowest BCUT2D eigenvalue weighted by atomic mass is 10.1. The molecule has 7 heteroatoms. The van der Waals surface area contributed by atoms with Crippen LogP contribution in [0.15, 0.2) is 48.5 Å². The number of hydrogen-bond acceptors (Lipinski definition) is 4. The van der Waals surface area contributed by atoms with Crippen LogP contribution in [0.1, 0.15) is 17.5 Å². The summed E-state index contributed by atoms with van der Waals surface area (Å²) in [6.45, 7) is 3.23. The maximum atomic E-state index is 12.2. The van der Waals surface area contributed by atoms with Crippen LogP contribution in [0.2, 0.25) is 0 Å². The van der Waals surface area contributed by atoms with E-state index in [4.69, 9.17) is 5.73 Å². The third-order valence-corrected chi connectivity index (χ3v) is 5.34. The van der Waals surface area contributed by atoms with E-state index in [-0.39, 0.29) is 30.7 Å². The number of carbonyl (C=O) groups is 1. The number of aryl methyl sites for hydroxylation is 1. The first kappa shape index (κ1) is 23.6. The van der Waals surface area contributed by atoms with Gasteiger partial charge in [-0.1, -0.05) is 30.3 Å². The molecule has 0 spiro atoms. The minimum atomic E-state index is 0. The molecule has 3 rings (SSSR count). The molecule has 1 amide bonds. The predicted octanol–water partition coefficient (Wildman–Crippen LogP) is 4.23. The maximum Gasteiger partial charge on any atom is 0.224 e. The van der Waals surface area contributed by atoms with Gasteiger partial charge in [0.15, 0.2) is 0 Å². The van der Waals surface area contributed by atoms with Gasteiger partial charge in [-0.15, -0.1) is 24.8 Å². The molecule has 0 radical (unpaired) electrons. The van der Waals surface area contributed by atoms with Gasteiger partial charge in [-0.3, -0.25) is 9.69 Å². The number of rotatable bonds is 6. The summed E-state index contributed by atoms with van der Waals surface area (Å²) in [7, 11) is 0. The molecule has 1 fully saturated rings. The summed E-state index contributed by atoms with van der Waals surface area (Å²) in [6.07, 6.45) is 1.09. The van der Waals surface area contributed by atoms with Crippen LogP contribution in [-0.2, 0) is 17.8 Å². The molecule has 4 nitrogen and oxygen atoms in total. The molecule has 3 N–H and O–H groups in total. The first-order chi connectivity index (χ1) is 12.2. The highest BCUT2D eigenvalue weighted by molar-refractivity contribution is 7.99. The zero-order valence-electron chi connectivity index (χ0n) is 15.2. The van der Waals surface area contributed by atoms with Crippen LogP contribution >= 0.6 is 36.6 Å². The monoisotopic (exact) mass is 427 g/mol. The molecule has 0 atom stereocenters. The summed E-state index contributed by atoms with van der Waals surface area (Å²) in [5.41, 5.74) is 9.82. The summed E-state index contributed by atoms with van der Waals surface area (Å²) in [5, 5.41) is 3.01. The third-order valence-electron chi connectivity index (χ3n) is 4.40. The average Bonchev–Trinajstić information content (AvgIpc) is 2.62. The summed E-state index contributed by atoms with van der Waals surface area (Å²) < 4.78 is 0. The van der Waals surface area contributed by atoms with Gasteiger partial charge in [0.2, 0.25) is 5.91 Å². The largest absolute Gasteiger partial charge is 0.399 e. The predicted molar refractivity (Wildman–Crippen MR) is 121 cm³/mol. The molecule has 0 bridgehead atoms. The van der Waals surface area contributed by atoms with Gasteiger partial charge in [0.1, 0.15) is 0 Å². The van der Waals surface area contributed by atoms with Crippen molar-refractivity contribution in [3.63, 3.8) is 0 Å². The summed E-state index contributed by atoms with van der Waals surface area (Å²) in [6, 6.07) is 15.9. The molecule has 148 valence electrons. The van der Waals surface area contributed by atoms with E-state index >= 15 is 0 Å². The second kappa shape index (κ2) is 12.1. The molecule has 27 heavy (non-hydrogen) atoms. The number of hydrogen-bond donors (Lipinski definition) is 2. The Morgan fingerprint density at radius 1 is 1.07 bits per heavy atom. The average molecular weight is 428 g/mol. The van der Waals surface area contributed by atoms with Crippen molar-refractivity contribution in [1.29, 1.82) is 0 Å². The Labute approximate surface area is 178 Å². The first-order valence-electron chi connectivity index (χ1n) is 8.73. The molecule has 0 aliphatic carbocycles. The van der Waals surface area contributed by atoms with Crippen LogP contribution in [-0.4, -0.2) is 35.4 Å². The van der Waals surface area contributed by atoms with E-state index in [9.17, 15) is 4.79 Å². The van der Waals surface area contributed by atoms with Crippen molar-refractivity contribution < 1.29 is 4.79 Å². The first-order valence-corrected chi connectivity index (χ1v) is 9.88. The van der Waals surface area contributed by atoms with Crippen molar-refractivity contribution in [2.75, 3.05) is 35.6 Å². The minimum Gasteiger partial charge on any atom is -0.399 e. The molecule has 2 aromatic rings. The second-order valence-corrected chi connectivity index (χ2v) is 7.56. The van der Waals surface area contributed by atoms with Crippen molar-refractivity contribution in [2.24, 2.45) is 0 Å². The van der Waals surface area contributed by atoms with Crippen molar-refractivity contribution >= 4 is 53.9 Å².